The largest absolute Gasteiger partial charge is 0.376 e. The number of carbonyl (C=O) groups excluding carboxylic acids is 1. The van der Waals surface area contributed by atoms with Crippen molar-refractivity contribution in [1.29, 1.82) is 0 Å². The normalized spacial score (nSPS) is 17.5. The highest BCUT2D eigenvalue weighted by atomic mass is 16.5. The number of aromatic nitrogens is 3. The van der Waals surface area contributed by atoms with Crippen molar-refractivity contribution >= 4 is 11.4 Å². The average molecular weight is 336 g/mol. The Kier molecular flexibility index (Phi) is 4.43. The van der Waals surface area contributed by atoms with Crippen molar-refractivity contribution in [2.75, 3.05) is 13.2 Å². The number of pyridine rings is 2. The quantitative estimate of drug-likeness (QED) is 0.795. The van der Waals surface area contributed by atoms with E-state index in [0.717, 1.165) is 36.9 Å². The summed E-state index contributed by atoms with van der Waals surface area (Å²) in [5, 5.41) is 2.97. The molecule has 0 aromatic carbocycles. The molecular formula is C19H20N4O2. The molecule has 1 aliphatic rings. The third kappa shape index (κ3) is 3.25. The molecule has 25 heavy (non-hydrogen) atoms. The topological polar surface area (TPSA) is 68.5 Å². The van der Waals surface area contributed by atoms with Crippen LogP contribution in [0, 0.1) is 0 Å². The van der Waals surface area contributed by atoms with Gasteiger partial charge in [-0.1, -0.05) is 6.07 Å². The lowest BCUT2D eigenvalue weighted by atomic mass is 10.1. The zero-order chi connectivity index (χ0) is 17.1. The van der Waals surface area contributed by atoms with Crippen LogP contribution >= 0.6 is 0 Å². The van der Waals surface area contributed by atoms with Gasteiger partial charge in [-0.15, -0.1) is 0 Å². The SMILES string of the molecule is O=C(NCC1CCCCO1)c1nc(-c2cccnc2)n2ccccc12. The highest BCUT2D eigenvalue weighted by molar-refractivity contribution is 6.00. The van der Waals surface area contributed by atoms with Crippen LogP contribution in [-0.4, -0.2) is 39.5 Å². The molecule has 0 saturated carbocycles. The minimum Gasteiger partial charge on any atom is -0.376 e. The van der Waals surface area contributed by atoms with E-state index in [9.17, 15) is 4.79 Å². The monoisotopic (exact) mass is 336 g/mol. The number of fused-ring (bicyclic) bond motifs is 1. The van der Waals surface area contributed by atoms with E-state index in [1.54, 1.807) is 12.4 Å². The molecule has 0 radical (unpaired) electrons. The lowest BCUT2D eigenvalue weighted by Gasteiger charge is -2.22. The van der Waals surface area contributed by atoms with Gasteiger partial charge in [-0.05, 0) is 43.5 Å². The molecule has 0 spiro atoms. The highest BCUT2D eigenvalue weighted by Gasteiger charge is 2.20. The second kappa shape index (κ2) is 7.03. The fraction of sp³-hybridized carbons (Fsp3) is 0.316. The van der Waals surface area contributed by atoms with Gasteiger partial charge in [0, 0.05) is 37.3 Å². The third-order valence-corrected chi connectivity index (χ3v) is 4.45. The minimum atomic E-state index is -0.173. The van der Waals surface area contributed by atoms with Gasteiger partial charge in [-0.3, -0.25) is 14.2 Å². The van der Waals surface area contributed by atoms with E-state index in [1.807, 2.05) is 40.9 Å². The zero-order valence-electron chi connectivity index (χ0n) is 13.9. The van der Waals surface area contributed by atoms with Gasteiger partial charge in [0.05, 0.1) is 11.6 Å². The Hall–Kier alpha value is -2.73. The Balaban J connectivity index is 1.62. The van der Waals surface area contributed by atoms with Gasteiger partial charge in [-0.25, -0.2) is 4.98 Å². The molecule has 0 bridgehead atoms. The number of carbonyl (C=O) groups is 1. The summed E-state index contributed by atoms with van der Waals surface area (Å²) in [7, 11) is 0. The molecule has 3 aromatic rings. The molecule has 6 heteroatoms. The number of ether oxygens (including phenoxy) is 1. The maximum Gasteiger partial charge on any atom is 0.272 e. The van der Waals surface area contributed by atoms with E-state index in [0.29, 0.717) is 18.1 Å². The Bertz CT molecular complexity index is 870. The van der Waals surface area contributed by atoms with Gasteiger partial charge in [0.15, 0.2) is 5.69 Å². The standard InChI is InChI=1S/C19H20N4O2/c24-19(21-13-15-7-2-4-11-25-15)17-16-8-1-3-10-23(16)18(22-17)14-6-5-9-20-12-14/h1,3,5-6,8-10,12,15H,2,4,7,11,13H2,(H,21,24). The molecule has 128 valence electrons. The van der Waals surface area contributed by atoms with Crippen molar-refractivity contribution in [2.24, 2.45) is 0 Å². The van der Waals surface area contributed by atoms with E-state index in [4.69, 9.17) is 4.74 Å². The van der Waals surface area contributed by atoms with Gasteiger partial charge in [0.2, 0.25) is 0 Å². The van der Waals surface area contributed by atoms with Crippen LogP contribution in [0.2, 0.25) is 0 Å². The third-order valence-electron chi connectivity index (χ3n) is 4.45. The van der Waals surface area contributed by atoms with Crippen molar-refractivity contribution in [1.82, 2.24) is 19.7 Å². The average Bonchev–Trinajstić information content (AvgIpc) is 3.07. The van der Waals surface area contributed by atoms with Crippen LogP contribution in [0.15, 0.2) is 48.9 Å². The Labute approximate surface area is 145 Å². The first-order valence-corrected chi connectivity index (χ1v) is 8.60. The summed E-state index contributed by atoms with van der Waals surface area (Å²) < 4.78 is 7.60. The minimum absolute atomic E-state index is 0.101. The number of amides is 1. The van der Waals surface area contributed by atoms with E-state index in [2.05, 4.69) is 15.3 Å². The molecule has 4 heterocycles. The molecule has 3 aromatic heterocycles. The molecule has 1 fully saturated rings. The summed E-state index contributed by atoms with van der Waals surface area (Å²) in [6.07, 6.45) is 8.72. The molecule has 1 aliphatic heterocycles. The summed E-state index contributed by atoms with van der Waals surface area (Å²) in [6.45, 7) is 1.30. The summed E-state index contributed by atoms with van der Waals surface area (Å²) in [5.41, 5.74) is 2.08. The van der Waals surface area contributed by atoms with Crippen LogP contribution < -0.4 is 5.32 Å². The van der Waals surface area contributed by atoms with E-state index in [-0.39, 0.29) is 12.0 Å². The van der Waals surface area contributed by atoms with Gasteiger partial charge in [0.1, 0.15) is 5.82 Å². The second-order valence-electron chi connectivity index (χ2n) is 6.18. The fourth-order valence-electron chi connectivity index (χ4n) is 3.16. The predicted molar refractivity (Wildman–Crippen MR) is 94.3 cm³/mol. The summed E-state index contributed by atoms with van der Waals surface area (Å²) >= 11 is 0. The van der Waals surface area contributed by atoms with Crippen molar-refractivity contribution in [2.45, 2.75) is 25.4 Å². The lowest BCUT2D eigenvalue weighted by Crippen LogP contribution is -2.35. The number of imidazole rings is 1. The smallest absolute Gasteiger partial charge is 0.272 e. The second-order valence-corrected chi connectivity index (χ2v) is 6.18. The maximum atomic E-state index is 12.7. The molecule has 0 aliphatic carbocycles. The van der Waals surface area contributed by atoms with Gasteiger partial charge in [0.25, 0.3) is 5.91 Å². The van der Waals surface area contributed by atoms with E-state index in [1.165, 1.54) is 0 Å². The maximum absolute atomic E-state index is 12.7. The van der Waals surface area contributed by atoms with Crippen LogP contribution in [0.25, 0.3) is 16.9 Å². The number of hydrogen-bond donors (Lipinski definition) is 1. The van der Waals surface area contributed by atoms with Crippen LogP contribution in [0.5, 0.6) is 0 Å². The Morgan fingerprint density at radius 1 is 1.28 bits per heavy atom. The number of nitrogens with zero attached hydrogens (tertiary/aromatic N) is 3. The van der Waals surface area contributed by atoms with Crippen LogP contribution in [0.3, 0.4) is 0 Å². The zero-order valence-corrected chi connectivity index (χ0v) is 13.9. The fourth-order valence-corrected chi connectivity index (χ4v) is 3.16. The first kappa shape index (κ1) is 15.8. The Morgan fingerprint density at radius 3 is 3.04 bits per heavy atom. The molecule has 1 amide bonds. The molecule has 1 N–H and O–H groups in total. The van der Waals surface area contributed by atoms with Crippen molar-refractivity contribution in [3.8, 4) is 11.4 Å². The highest BCUT2D eigenvalue weighted by Crippen LogP contribution is 2.22. The van der Waals surface area contributed by atoms with Crippen LogP contribution in [0.4, 0.5) is 0 Å². The van der Waals surface area contributed by atoms with Gasteiger partial charge in [-0.2, -0.15) is 0 Å². The lowest BCUT2D eigenvalue weighted by molar-refractivity contribution is 0.0169. The molecule has 1 atom stereocenters. The number of nitrogens with one attached hydrogen (secondary N) is 1. The van der Waals surface area contributed by atoms with Crippen molar-refractivity contribution in [3.05, 3.63) is 54.6 Å². The van der Waals surface area contributed by atoms with E-state index < -0.39 is 0 Å². The molecule has 6 nitrogen and oxygen atoms in total. The van der Waals surface area contributed by atoms with Crippen molar-refractivity contribution < 1.29 is 9.53 Å². The number of hydrogen-bond acceptors (Lipinski definition) is 4. The molecule has 4 rings (SSSR count). The van der Waals surface area contributed by atoms with Gasteiger partial charge >= 0.3 is 0 Å². The van der Waals surface area contributed by atoms with Crippen LogP contribution in [-0.2, 0) is 4.74 Å². The van der Waals surface area contributed by atoms with Gasteiger partial charge < -0.3 is 10.1 Å². The summed E-state index contributed by atoms with van der Waals surface area (Å²) in [6, 6.07) is 9.53. The Morgan fingerprint density at radius 2 is 2.24 bits per heavy atom. The number of rotatable bonds is 4. The summed E-state index contributed by atoms with van der Waals surface area (Å²) in [4.78, 5) is 21.4. The molecular weight excluding hydrogens is 316 g/mol. The first-order valence-electron chi connectivity index (χ1n) is 8.60. The van der Waals surface area contributed by atoms with Crippen LogP contribution in [0.1, 0.15) is 29.8 Å². The predicted octanol–water partition coefficient (Wildman–Crippen LogP) is 2.70. The molecule has 1 unspecified atom stereocenters. The first-order chi connectivity index (χ1) is 12.3. The van der Waals surface area contributed by atoms with E-state index >= 15 is 0 Å². The van der Waals surface area contributed by atoms with Crippen molar-refractivity contribution in [3.63, 3.8) is 0 Å². The molecule has 1 saturated heterocycles. The summed E-state index contributed by atoms with van der Waals surface area (Å²) in [5.74, 6) is 0.538.